The van der Waals surface area contributed by atoms with E-state index in [0.29, 0.717) is 38.0 Å². The van der Waals surface area contributed by atoms with Crippen LogP contribution >= 0.6 is 0 Å². The van der Waals surface area contributed by atoms with Crippen LogP contribution < -0.4 is 20.7 Å². The van der Waals surface area contributed by atoms with Crippen molar-refractivity contribution in [3.63, 3.8) is 0 Å². The van der Waals surface area contributed by atoms with Gasteiger partial charge in [0.25, 0.3) is 5.91 Å². The summed E-state index contributed by atoms with van der Waals surface area (Å²) in [5, 5.41) is 9.35. The summed E-state index contributed by atoms with van der Waals surface area (Å²) >= 11 is 0. The Morgan fingerprint density at radius 1 is 1.15 bits per heavy atom. The fraction of sp³-hybridized carbons (Fsp3) is 0.400. The van der Waals surface area contributed by atoms with Crippen molar-refractivity contribution < 1.29 is 13.9 Å². The zero-order valence-corrected chi connectivity index (χ0v) is 16.2. The molecule has 0 unspecified atom stereocenters. The Bertz CT molecular complexity index is 755. The molecule has 1 aromatic carbocycles. The second-order valence-electron chi connectivity index (χ2n) is 5.94. The first kappa shape index (κ1) is 20.4. The fourth-order valence-corrected chi connectivity index (χ4v) is 2.53. The molecule has 7 heteroatoms. The maximum Gasteiger partial charge on any atom is 0.287 e. The molecule has 0 aliphatic carbocycles. The Morgan fingerprint density at radius 3 is 2.63 bits per heavy atom. The van der Waals surface area contributed by atoms with Crippen molar-refractivity contribution in [2.75, 3.05) is 26.7 Å². The number of nitrogens with zero attached hydrogens (tertiary/aromatic N) is 1. The Morgan fingerprint density at radius 2 is 1.93 bits per heavy atom. The van der Waals surface area contributed by atoms with Crippen molar-refractivity contribution in [3.8, 4) is 5.75 Å². The van der Waals surface area contributed by atoms with Crippen molar-refractivity contribution in [1.82, 2.24) is 16.0 Å². The second-order valence-corrected chi connectivity index (χ2v) is 5.94. The van der Waals surface area contributed by atoms with Crippen LogP contribution in [-0.4, -0.2) is 38.6 Å². The molecular formula is C20H28N4O3. The Labute approximate surface area is 160 Å². The third kappa shape index (κ3) is 6.36. The van der Waals surface area contributed by atoms with Crippen LogP contribution in [0.2, 0.25) is 0 Å². The predicted molar refractivity (Wildman–Crippen MR) is 106 cm³/mol. The summed E-state index contributed by atoms with van der Waals surface area (Å²) in [5.74, 6) is 1.76. The molecule has 146 valence electrons. The van der Waals surface area contributed by atoms with Crippen molar-refractivity contribution in [2.24, 2.45) is 4.99 Å². The molecule has 1 aromatic heterocycles. The van der Waals surface area contributed by atoms with Crippen LogP contribution in [0.15, 0.2) is 46.0 Å². The highest BCUT2D eigenvalue weighted by Crippen LogP contribution is 2.17. The molecule has 0 aliphatic rings. The van der Waals surface area contributed by atoms with E-state index in [9.17, 15) is 4.79 Å². The highest BCUT2D eigenvalue weighted by molar-refractivity contribution is 5.92. The average Bonchev–Trinajstić information content (AvgIpc) is 3.11. The highest BCUT2D eigenvalue weighted by atomic mass is 16.5. The molecule has 3 N–H and O–H groups in total. The van der Waals surface area contributed by atoms with Gasteiger partial charge in [-0.2, -0.15) is 0 Å². The van der Waals surface area contributed by atoms with Crippen LogP contribution in [0, 0.1) is 6.92 Å². The van der Waals surface area contributed by atoms with E-state index in [1.165, 1.54) is 6.26 Å². The van der Waals surface area contributed by atoms with E-state index in [2.05, 4.69) is 20.9 Å². The monoisotopic (exact) mass is 372 g/mol. The minimum atomic E-state index is -0.187. The van der Waals surface area contributed by atoms with Gasteiger partial charge in [-0.05, 0) is 32.4 Å². The summed E-state index contributed by atoms with van der Waals surface area (Å²) in [5.41, 5.74) is 1.91. The van der Waals surface area contributed by atoms with Gasteiger partial charge < -0.3 is 25.1 Å². The standard InChI is InChI=1S/C20H28N4O3/c1-4-26-17-9-6-5-8-16(17)14-24-20(21-3)23-12-7-11-22-19(25)18-15(2)10-13-27-18/h5-6,8-10,13H,4,7,11-12,14H2,1-3H3,(H,22,25)(H2,21,23,24). The van der Waals surface area contributed by atoms with Gasteiger partial charge in [-0.15, -0.1) is 0 Å². The van der Waals surface area contributed by atoms with Crippen LogP contribution in [0.3, 0.4) is 0 Å². The number of guanidine groups is 1. The molecule has 0 spiro atoms. The number of para-hydroxylation sites is 1. The molecule has 0 saturated carbocycles. The van der Waals surface area contributed by atoms with Gasteiger partial charge in [0.2, 0.25) is 0 Å². The number of carbonyl (C=O) groups excluding carboxylic acids is 1. The maximum absolute atomic E-state index is 12.0. The predicted octanol–water partition coefficient (Wildman–Crippen LogP) is 2.47. The maximum atomic E-state index is 12.0. The highest BCUT2D eigenvalue weighted by Gasteiger charge is 2.11. The molecule has 1 heterocycles. The van der Waals surface area contributed by atoms with Crippen molar-refractivity contribution in [2.45, 2.75) is 26.8 Å². The molecule has 7 nitrogen and oxygen atoms in total. The minimum absolute atomic E-state index is 0.187. The van der Waals surface area contributed by atoms with Gasteiger partial charge in [0.05, 0.1) is 12.9 Å². The van der Waals surface area contributed by atoms with Gasteiger partial charge in [0.15, 0.2) is 11.7 Å². The van der Waals surface area contributed by atoms with Gasteiger partial charge >= 0.3 is 0 Å². The molecular weight excluding hydrogens is 344 g/mol. The summed E-state index contributed by atoms with van der Waals surface area (Å²) in [7, 11) is 1.73. The van der Waals surface area contributed by atoms with Crippen molar-refractivity contribution in [1.29, 1.82) is 0 Å². The lowest BCUT2D eigenvalue weighted by atomic mass is 10.2. The topological polar surface area (TPSA) is 87.9 Å². The number of hydrogen-bond donors (Lipinski definition) is 3. The largest absolute Gasteiger partial charge is 0.494 e. The molecule has 0 bridgehead atoms. The Kier molecular flexibility index (Phi) is 8.22. The number of aliphatic imine (C=N–C) groups is 1. The number of amides is 1. The number of carbonyl (C=O) groups is 1. The van der Waals surface area contributed by atoms with E-state index in [-0.39, 0.29) is 5.91 Å². The molecule has 0 aliphatic heterocycles. The van der Waals surface area contributed by atoms with E-state index in [4.69, 9.17) is 9.15 Å². The molecule has 2 aromatic rings. The number of benzene rings is 1. The minimum Gasteiger partial charge on any atom is -0.494 e. The third-order valence-corrected chi connectivity index (χ3v) is 3.94. The summed E-state index contributed by atoms with van der Waals surface area (Å²) in [6.07, 6.45) is 2.28. The molecule has 0 saturated heterocycles. The first-order valence-corrected chi connectivity index (χ1v) is 9.13. The van der Waals surface area contributed by atoms with E-state index in [1.807, 2.05) is 38.1 Å². The summed E-state index contributed by atoms with van der Waals surface area (Å²) < 4.78 is 10.8. The number of ether oxygens (including phenoxy) is 1. The van der Waals surface area contributed by atoms with Crippen LogP contribution in [0.4, 0.5) is 0 Å². The number of nitrogens with one attached hydrogen (secondary N) is 3. The van der Waals surface area contributed by atoms with E-state index < -0.39 is 0 Å². The SMILES string of the molecule is CCOc1ccccc1CNC(=NC)NCCCNC(=O)c1occc1C. The molecule has 1 amide bonds. The number of aryl methyl sites for hydroxylation is 1. The molecule has 0 atom stereocenters. The number of rotatable bonds is 9. The molecule has 0 fully saturated rings. The van der Waals surface area contributed by atoms with Crippen molar-refractivity contribution in [3.05, 3.63) is 53.5 Å². The summed E-state index contributed by atoms with van der Waals surface area (Å²) in [4.78, 5) is 16.2. The average molecular weight is 372 g/mol. The molecule has 0 radical (unpaired) electrons. The number of furan rings is 1. The zero-order valence-electron chi connectivity index (χ0n) is 16.2. The number of hydrogen-bond acceptors (Lipinski definition) is 4. The van der Waals surface area contributed by atoms with Crippen LogP contribution in [0.5, 0.6) is 5.75 Å². The van der Waals surface area contributed by atoms with E-state index in [0.717, 1.165) is 23.3 Å². The van der Waals surface area contributed by atoms with Gasteiger partial charge in [-0.25, -0.2) is 0 Å². The fourth-order valence-electron chi connectivity index (χ4n) is 2.53. The van der Waals surface area contributed by atoms with Crippen LogP contribution in [0.1, 0.15) is 35.0 Å². The molecule has 27 heavy (non-hydrogen) atoms. The quantitative estimate of drug-likeness (QED) is 0.358. The van der Waals surface area contributed by atoms with Crippen molar-refractivity contribution >= 4 is 11.9 Å². The third-order valence-electron chi connectivity index (χ3n) is 3.94. The lowest BCUT2D eigenvalue weighted by Gasteiger charge is -2.14. The smallest absolute Gasteiger partial charge is 0.287 e. The molecule has 2 rings (SSSR count). The summed E-state index contributed by atoms with van der Waals surface area (Å²) in [6, 6.07) is 9.70. The Balaban J connectivity index is 1.69. The van der Waals surface area contributed by atoms with Crippen LogP contribution in [0.25, 0.3) is 0 Å². The lowest BCUT2D eigenvalue weighted by molar-refractivity contribution is 0.0925. The lowest BCUT2D eigenvalue weighted by Crippen LogP contribution is -2.38. The normalized spacial score (nSPS) is 11.1. The summed E-state index contributed by atoms with van der Waals surface area (Å²) in [6.45, 7) is 6.30. The van der Waals surface area contributed by atoms with Gasteiger partial charge in [-0.1, -0.05) is 18.2 Å². The Hall–Kier alpha value is -2.96. The van der Waals surface area contributed by atoms with Gasteiger partial charge in [-0.3, -0.25) is 9.79 Å². The van der Waals surface area contributed by atoms with E-state index >= 15 is 0 Å². The van der Waals surface area contributed by atoms with Gasteiger partial charge in [0, 0.05) is 37.8 Å². The first-order valence-electron chi connectivity index (χ1n) is 9.13. The first-order chi connectivity index (χ1) is 13.2. The van der Waals surface area contributed by atoms with Gasteiger partial charge in [0.1, 0.15) is 5.75 Å². The second kappa shape index (κ2) is 10.9. The van der Waals surface area contributed by atoms with Crippen LogP contribution in [-0.2, 0) is 6.54 Å². The zero-order chi connectivity index (χ0) is 19.5. The van der Waals surface area contributed by atoms with E-state index in [1.54, 1.807) is 13.1 Å².